The van der Waals surface area contributed by atoms with Crippen LogP contribution < -0.4 is 9.67 Å². The number of carbonyl (C=O) groups excluding carboxylic acids is 1. The molecular weight excluding hydrogens is 194 g/mol. The van der Waals surface area contributed by atoms with Gasteiger partial charge in [0, 0.05) is 5.56 Å². The van der Waals surface area contributed by atoms with Crippen LogP contribution in [-0.2, 0) is 6.54 Å². The number of hydrogen-bond acceptors (Lipinski definition) is 3. The molecule has 0 fully saturated rings. The summed E-state index contributed by atoms with van der Waals surface area (Å²) in [6, 6.07) is 9.53. The normalized spacial score (nSPS) is 10.1. The molecule has 0 aliphatic heterocycles. The summed E-state index contributed by atoms with van der Waals surface area (Å²) in [6.07, 6.45) is 2.90. The van der Waals surface area contributed by atoms with E-state index in [1.165, 1.54) is 10.8 Å². The van der Waals surface area contributed by atoms with Crippen LogP contribution >= 0.6 is 0 Å². The van der Waals surface area contributed by atoms with Crippen molar-refractivity contribution < 1.29 is 18.9 Å². The first-order valence-corrected chi connectivity index (χ1v) is 4.49. The first-order chi connectivity index (χ1) is 7.27. The van der Waals surface area contributed by atoms with E-state index in [4.69, 9.17) is 4.42 Å². The summed E-state index contributed by atoms with van der Waals surface area (Å²) in [6.45, 7) is 0.459. The minimum atomic E-state index is -1.31. The van der Waals surface area contributed by atoms with E-state index in [1.807, 2.05) is 30.3 Å². The van der Waals surface area contributed by atoms with Gasteiger partial charge in [-0.15, -0.1) is 0 Å². The number of aromatic carboxylic acids is 1. The fourth-order valence-electron chi connectivity index (χ4n) is 1.37. The molecule has 2 aromatic rings. The molecule has 4 nitrogen and oxygen atoms in total. The summed E-state index contributed by atoms with van der Waals surface area (Å²) in [5.41, 5.74) is 1.01. The maximum atomic E-state index is 10.6. The number of carbonyl (C=O) groups is 1. The van der Waals surface area contributed by atoms with Crippen LogP contribution in [0.15, 0.2) is 47.2 Å². The van der Waals surface area contributed by atoms with Gasteiger partial charge in [0.2, 0.25) is 6.20 Å². The Balaban J connectivity index is 2.25. The molecule has 2 rings (SSSR count). The van der Waals surface area contributed by atoms with Gasteiger partial charge in [-0.1, -0.05) is 30.3 Å². The minimum absolute atomic E-state index is 0.168. The van der Waals surface area contributed by atoms with Crippen LogP contribution in [0.2, 0.25) is 0 Å². The first-order valence-electron chi connectivity index (χ1n) is 4.49. The predicted molar refractivity (Wildman–Crippen MR) is 48.8 cm³/mol. The lowest BCUT2D eigenvalue weighted by molar-refractivity contribution is -0.695. The Morgan fingerprint density at radius 3 is 2.73 bits per heavy atom. The fraction of sp³-hybridized carbons (Fsp3) is 0.0909. The molecule has 0 aliphatic rings. The molecule has 0 N–H and O–H groups in total. The van der Waals surface area contributed by atoms with Crippen molar-refractivity contribution in [1.82, 2.24) is 0 Å². The molecule has 0 amide bonds. The van der Waals surface area contributed by atoms with Crippen LogP contribution in [0.3, 0.4) is 0 Å². The van der Waals surface area contributed by atoms with E-state index in [9.17, 15) is 9.90 Å². The zero-order valence-corrected chi connectivity index (χ0v) is 7.92. The molecule has 0 saturated heterocycles. The summed E-state index contributed by atoms with van der Waals surface area (Å²) >= 11 is 0. The lowest BCUT2D eigenvalue weighted by Gasteiger charge is -1.97. The number of oxazole rings is 1. The Hall–Kier alpha value is -2.10. The summed E-state index contributed by atoms with van der Waals surface area (Å²) in [5.74, 6) is -1.48. The molecule has 0 radical (unpaired) electrons. The number of aromatic nitrogens is 1. The highest BCUT2D eigenvalue weighted by atomic mass is 16.4. The quantitative estimate of drug-likeness (QED) is 0.659. The average molecular weight is 203 g/mol. The van der Waals surface area contributed by atoms with Gasteiger partial charge in [0.25, 0.3) is 0 Å². The van der Waals surface area contributed by atoms with E-state index in [2.05, 4.69) is 0 Å². The Morgan fingerprint density at radius 2 is 2.07 bits per heavy atom. The van der Waals surface area contributed by atoms with E-state index in [-0.39, 0.29) is 5.89 Å². The highest BCUT2D eigenvalue weighted by molar-refractivity contribution is 5.78. The summed E-state index contributed by atoms with van der Waals surface area (Å²) in [4.78, 5) is 10.6. The highest BCUT2D eigenvalue weighted by Crippen LogP contribution is 1.99. The third-order valence-corrected chi connectivity index (χ3v) is 2.05. The van der Waals surface area contributed by atoms with E-state index in [0.29, 0.717) is 6.54 Å². The second-order valence-corrected chi connectivity index (χ2v) is 3.11. The summed E-state index contributed by atoms with van der Waals surface area (Å²) in [5, 5.41) is 10.6. The number of nitrogens with zero attached hydrogens (tertiary/aromatic N) is 1. The average Bonchev–Trinajstić information content (AvgIpc) is 2.67. The smallest absolute Gasteiger partial charge is 0.397 e. The molecule has 0 saturated carbocycles. The van der Waals surface area contributed by atoms with Gasteiger partial charge in [-0.25, -0.2) is 0 Å². The maximum absolute atomic E-state index is 10.6. The maximum Gasteiger partial charge on any atom is 0.397 e. The van der Waals surface area contributed by atoms with E-state index in [1.54, 1.807) is 6.20 Å². The molecule has 0 bridgehead atoms. The molecule has 0 unspecified atom stereocenters. The Kier molecular flexibility index (Phi) is 2.49. The van der Waals surface area contributed by atoms with Gasteiger partial charge in [-0.2, -0.15) is 4.57 Å². The minimum Gasteiger partial charge on any atom is -0.537 e. The number of carboxylic acid groups (broad SMARTS) is 1. The van der Waals surface area contributed by atoms with Crippen LogP contribution in [0.5, 0.6) is 0 Å². The van der Waals surface area contributed by atoms with Gasteiger partial charge in [-0.05, 0) is 0 Å². The van der Waals surface area contributed by atoms with E-state index >= 15 is 0 Å². The highest BCUT2D eigenvalue weighted by Gasteiger charge is 2.15. The molecule has 15 heavy (non-hydrogen) atoms. The number of benzene rings is 1. The van der Waals surface area contributed by atoms with Crippen molar-refractivity contribution in [2.24, 2.45) is 0 Å². The van der Waals surface area contributed by atoms with Crippen LogP contribution in [-0.4, -0.2) is 5.97 Å². The van der Waals surface area contributed by atoms with Crippen LogP contribution in [0, 0.1) is 0 Å². The lowest BCUT2D eigenvalue weighted by Crippen LogP contribution is -2.42. The third kappa shape index (κ3) is 2.04. The monoisotopic (exact) mass is 203 g/mol. The SMILES string of the molecule is O=C([O-])c1occ[n+]1Cc1ccccc1. The Labute approximate surface area is 86.4 Å². The molecule has 0 spiro atoms. The zero-order chi connectivity index (χ0) is 10.7. The summed E-state index contributed by atoms with van der Waals surface area (Å²) < 4.78 is 6.29. The van der Waals surface area contributed by atoms with Gasteiger partial charge < -0.3 is 14.3 Å². The molecule has 1 aromatic carbocycles. The number of carboxylic acids is 1. The van der Waals surface area contributed by atoms with Crippen LogP contribution in [0.4, 0.5) is 0 Å². The van der Waals surface area contributed by atoms with Crippen LogP contribution in [0.1, 0.15) is 16.2 Å². The second kappa shape index (κ2) is 3.96. The largest absolute Gasteiger partial charge is 0.537 e. The summed E-state index contributed by atoms with van der Waals surface area (Å²) in [7, 11) is 0. The molecule has 1 aromatic heterocycles. The van der Waals surface area contributed by atoms with Crippen molar-refractivity contribution in [3.8, 4) is 0 Å². The Bertz CT molecular complexity index is 462. The topological polar surface area (TPSA) is 57.1 Å². The molecule has 0 aliphatic carbocycles. The van der Waals surface area contributed by atoms with Crippen molar-refractivity contribution in [2.75, 3.05) is 0 Å². The van der Waals surface area contributed by atoms with Crippen LogP contribution in [0.25, 0.3) is 0 Å². The van der Waals surface area contributed by atoms with Gasteiger partial charge in [0.15, 0.2) is 18.8 Å². The predicted octanol–water partition coefficient (Wildman–Crippen LogP) is -0.0211. The molecular formula is C11H9NO3. The lowest BCUT2D eigenvalue weighted by atomic mass is 10.2. The van der Waals surface area contributed by atoms with Crippen molar-refractivity contribution >= 4 is 5.97 Å². The van der Waals surface area contributed by atoms with E-state index < -0.39 is 5.97 Å². The van der Waals surface area contributed by atoms with Gasteiger partial charge >= 0.3 is 5.89 Å². The molecule has 4 heteroatoms. The van der Waals surface area contributed by atoms with Gasteiger partial charge in [0.05, 0.1) is 0 Å². The number of hydrogen-bond donors (Lipinski definition) is 0. The number of rotatable bonds is 3. The molecule has 0 atom stereocenters. The zero-order valence-electron chi connectivity index (χ0n) is 7.92. The molecule has 76 valence electrons. The fourth-order valence-corrected chi connectivity index (χ4v) is 1.37. The van der Waals surface area contributed by atoms with Crippen molar-refractivity contribution in [1.29, 1.82) is 0 Å². The Morgan fingerprint density at radius 1 is 1.33 bits per heavy atom. The van der Waals surface area contributed by atoms with Gasteiger partial charge in [-0.3, -0.25) is 0 Å². The van der Waals surface area contributed by atoms with Gasteiger partial charge in [0.1, 0.15) is 0 Å². The van der Waals surface area contributed by atoms with Crippen molar-refractivity contribution in [3.63, 3.8) is 0 Å². The van der Waals surface area contributed by atoms with Crippen molar-refractivity contribution in [2.45, 2.75) is 6.54 Å². The standard InChI is InChI=1S/C11H9NO3/c13-11(14)10-12(6-7-15-10)8-9-4-2-1-3-5-9/h1-7H,8H2. The van der Waals surface area contributed by atoms with Crippen molar-refractivity contribution in [3.05, 3.63) is 54.2 Å². The van der Waals surface area contributed by atoms with E-state index in [0.717, 1.165) is 5.56 Å². The first kappa shape index (κ1) is 9.45. The third-order valence-electron chi connectivity index (χ3n) is 2.05. The second-order valence-electron chi connectivity index (χ2n) is 3.11. The molecule has 1 heterocycles.